The van der Waals surface area contributed by atoms with Gasteiger partial charge in [0, 0.05) is 31.7 Å². The van der Waals surface area contributed by atoms with E-state index in [4.69, 9.17) is 18.9 Å². The summed E-state index contributed by atoms with van der Waals surface area (Å²) in [5.74, 6) is -0.0188. The monoisotopic (exact) mass is 524 g/mol. The Hall–Kier alpha value is -3.56. The van der Waals surface area contributed by atoms with Gasteiger partial charge in [0.25, 0.3) is 11.7 Å². The van der Waals surface area contributed by atoms with Crippen LogP contribution in [0.25, 0.3) is 5.76 Å². The first-order chi connectivity index (χ1) is 18.5. The molecule has 2 saturated heterocycles. The topological polar surface area (TPSA) is 97.8 Å². The highest BCUT2D eigenvalue weighted by atomic mass is 16.5. The van der Waals surface area contributed by atoms with E-state index in [0.29, 0.717) is 61.3 Å². The minimum absolute atomic E-state index is 0.0369. The van der Waals surface area contributed by atoms with Gasteiger partial charge in [-0.2, -0.15) is 0 Å². The van der Waals surface area contributed by atoms with Gasteiger partial charge in [-0.15, -0.1) is 0 Å². The highest BCUT2D eigenvalue weighted by Gasteiger charge is 2.46. The number of hydrogen-bond donors (Lipinski definition) is 1. The van der Waals surface area contributed by atoms with Gasteiger partial charge in [-0.25, -0.2) is 0 Å². The molecule has 0 saturated carbocycles. The van der Waals surface area contributed by atoms with Crippen LogP contribution in [0.4, 0.5) is 0 Å². The van der Waals surface area contributed by atoms with Gasteiger partial charge in [-0.3, -0.25) is 14.5 Å². The number of ether oxygens (including phenoxy) is 4. The summed E-state index contributed by atoms with van der Waals surface area (Å²) in [6.45, 7) is 6.33. The van der Waals surface area contributed by atoms with Crippen molar-refractivity contribution in [3.8, 4) is 17.2 Å². The fourth-order valence-electron chi connectivity index (χ4n) is 4.78. The highest BCUT2D eigenvalue weighted by molar-refractivity contribution is 6.46. The molecule has 1 unspecified atom stereocenters. The van der Waals surface area contributed by atoms with Crippen LogP contribution in [0.3, 0.4) is 0 Å². The van der Waals surface area contributed by atoms with E-state index in [2.05, 4.69) is 11.8 Å². The van der Waals surface area contributed by atoms with Crippen molar-refractivity contribution in [3.05, 3.63) is 59.2 Å². The molecule has 1 N–H and O–H groups in total. The van der Waals surface area contributed by atoms with Crippen molar-refractivity contribution in [2.45, 2.75) is 25.8 Å². The van der Waals surface area contributed by atoms with Gasteiger partial charge in [-0.1, -0.05) is 31.5 Å². The van der Waals surface area contributed by atoms with Crippen LogP contribution in [-0.4, -0.2) is 86.8 Å². The van der Waals surface area contributed by atoms with Crippen molar-refractivity contribution >= 4 is 17.4 Å². The van der Waals surface area contributed by atoms with Gasteiger partial charge < -0.3 is 29.0 Å². The summed E-state index contributed by atoms with van der Waals surface area (Å²) in [5.41, 5.74) is 1.09. The van der Waals surface area contributed by atoms with Crippen LogP contribution in [-0.2, 0) is 14.3 Å². The predicted octanol–water partition coefficient (Wildman–Crippen LogP) is 3.64. The molecule has 2 aromatic carbocycles. The number of benzene rings is 2. The number of carbonyl (C=O) groups is 2. The molecule has 9 heteroatoms. The average molecular weight is 525 g/mol. The van der Waals surface area contributed by atoms with E-state index >= 15 is 0 Å². The number of hydrogen-bond acceptors (Lipinski definition) is 8. The summed E-state index contributed by atoms with van der Waals surface area (Å²) in [5, 5.41) is 11.4. The van der Waals surface area contributed by atoms with Gasteiger partial charge in [0.05, 0.1) is 45.7 Å². The molecule has 2 aliphatic heterocycles. The number of nitrogens with zero attached hydrogens (tertiary/aromatic N) is 2. The molecule has 1 atom stereocenters. The summed E-state index contributed by atoms with van der Waals surface area (Å²) >= 11 is 0. The van der Waals surface area contributed by atoms with Crippen molar-refractivity contribution in [2.75, 3.05) is 60.2 Å². The van der Waals surface area contributed by atoms with Crippen molar-refractivity contribution < 1.29 is 33.6 Å². The Balaban J connectivity index is 1.74. The van der Waals surface area contributed by atoms with E-state index in [1.165, 1.54) is 12.0 Å². The molecule has 0 spiro atoms. The Morgan fingerprint density at radius 3 is 2.50 bits per heavy atom. The number of likely N-dealkylation sites (tertiary alicyclic amines) is 1. The molecule has 204 valence electrons. The van der Waals surface area contributed by atoms with Gasteiger partial charge in [0.15, 0.2) is 11.5 Å². The number of amides is 1. The summed E-state index contributed by atoms with van der Waals surface area (Å²) in [4.78, 5) is 30.5. The molecule has 1 amide bonds. The Kier molecular flexibility index (Phi) is 9.25. The van der Waals surface area contributed by atoms with E-state index in [9.17, 15) is 14.7 Å². The van der Waals surface area contributed by atoms with Crippen LogP contribution in [0.5, 0.6) is 17.2 Å². The zero-order valence-corrected chi connectivity index (χ0v) is 22.3. The SMILES string of the molecule is CCCCOc1cccc(/C(O)=C2\C(=O)C(=O)N(CCN3CCOCC3)C2c2ccc(OC)c(OC)c2)c1. The number of methoxy groups -OCH3 is 2. The van der Waals surface area contributed by atoms with E-state index in [1.807, 2.05) is 0 Å². The Morgan fingerprint density at radius 2 is 1.79 bits per heavy atom. The van der Waals surface area contributed by atoms with Crippen LogP contribution >= 0.6 is 0 Å². The zero-order chi connectivity index (χ0) is 27.1. The van der Waals surface area contributed by atoms with Gasteiger partial charge >= 0.3 is 0 Å². The maximum atomic E-state index is 13.4. The second kappa shape index (κ2) is 12.8. The number of ketones is 1. The number of unbranched alkanes of at least 4 members (excludes halogenated alkanes) is 1. The van der Waals surface area contributed by atoms with Gasteiger partial charge in [0.1, 0.15) is 11.5 Å². The molecule has 0 bridgehead atoms. The minimum Gasteiger partial charge on any atom is -0.507 e. The Labute approximate surface area is 223 Å². The quantitative estimate of drug-likeness (QED) is 0.206. The lowest BCUT2D eigenvalue weighted by molar-refractivity contribution is -0.140. The van der Waals surface area contributed by atoms with Crippen LogP contribution in [0.15, 0.2) is 48.0 Å². The molecule has 0 aromatic heterocycles. The molecule has 0 radical (unpaired) electrons. The first-order valence-electron chi connectivity index (χ1n) is 13.0. The number of aliphatic hydroxyl groups excluding tert-OH is 1. The molecule has 0 aliphatic carbocycles. The van der Waals surface area contributed by atoms with E-state index in [-0.39, 0.29) is 11.3 Å². The van der Waals surface area contributed by atoms with Gasteiger partial charge in [-0.05, 0) is 36.2 Å². The molecule has 9 nitrogen and oxygen atoms in total. The zero-order valence-electron chi connectivity index (χ0n) is 22.3. The predicted molar refractivity (Wildman–Crippen MR) is 143 cm³/mol. The summed E-state index contributed by atoms with van der Waals surface area (Å²) < 4.78 is 22.1. The maximum Gasteiger partial charge on any atom is 0.295 e. The van der Waals surface area contributed by atoms with Gasteiger partial charge in [0.2, 0.25) is 0 Å². The molecular formula is C29H36N2O7. The molecule has 2 fully saturated rings. The lowest BCUT2D eigenvalue weighted by Gasteiger charge is -2.31. The van der Waals surface area contributed by atoms with Crippen LogP contribution in [0, 0.1) is 0 Å². The number of rotatable bonds is 11. The molecular weight excluding hydrogens is 488 g/mol. The molecule has 4 rings (SSSR count). The third kappa shape index (κ3) is 5.95. The second-order valence-electron chi connectivity index (χ2n) is 9.29. The third-order valence-corrected chi connectivity index (χ3v) is 6.90. The fourth-order valence-corrected chi connectivity index (χ4v) is 4.78. The van der Waals surface area contributed by atoms with Crippen molar-refractivity contribution in [2.24, 2.45) is 0 Å². The van der Waals surface area contributed by atoms with Crippen LogP contribution in [0.2, 0.25) is 0 Å². The number of carbonyl (C=O) groups excluding carboxylic acids is 2. The normalized spacial score (nSPS) is 19.6. The largest absolute Gasteiger partial charge is 0.507 e. The number of morpholine rings is 1. The summed E-state index contributed by atoms with van der Waals surface area (Å²) in [7, 11) is 3.07. The first-order valence-corrected chi connectivity index (χ1v) is 13.0. The van der Waals surface area contributed by atoms with Crippen molar-refractivity contribution in [1.82, 2.24) is 9.80 Å². The lowest BCUT2D eigenvalue weighted by atomic mass is 9.95. The Morgan fingerprint density at radius 1 is 1.03 bits per heavy atom. The van der Waals surface area contributed by atoms with Crippen molar-refractivity contribution in [3.63, 3.8) is 0 Å². The van der Waals surface area contributed by atoms with Crippen LogP contribution < -0.4 is 14.2 Å². The van der Waals surface area contributed by atoms with Crippen molar-refractivity contribution in [1.29, 1.82) is 0 Å². The first kappa shape index (κ1) is 27.5. The summed E-state index contributed by atoms with van der Waals surface area (Å²) in [6, 6.07) is 11.4. The van der Waals surface area contributed by atoms with E-state index in [0.717, 1.165) is 25.9 Å². The average Bonchev–Trinajstić information content (AvgIpc) is 3.21. The Bertz CT molecular complexity index is 1170. The lowest BCUT2D eigenvalue weighted by Crippen LogP contribution is -2.42. The minimum atomic E-state index is -0.791. The highest BCUT2D eigenvalue weighted by Crippen LogP contribution is 2.42. The number of aliphatic hydroxyl groups is 1. The third-order valence-electron chi connectivity index (χ3n) is 6.90. The van der Waals surface area contributed by atoms with E-state index < -0.39 is 17.7 Å². The van der Waals surface area contributed by atoms with Crippen LogP contribution in [0.1, 0.15) is 36.9 Å². The fraction of sp³-hybridized carbons (Fsp3) is 0.448. The molecule has 2 heterocycles. The molecule has 2 aliphatic rings. The number of Topliss-reactive ketones (excluding diaryl/α,β-unsaturated/α-hetero) is 1. The maximum absolute atomic E-state index is 13.4. The standard InChI is InChI=1S/C29H36N2O7/c1-4-5-15-38-22-8-6-7-21(18-22)27(32)25-26(20-9-10-23(35-2)24(19-20)36-3)31(29(34)28(25)33)12-11-30-13-16-37-17-14-30/h6-10,18-19,26,32H,4-5,11-17H2,1-3H3/b27-25+. The molecule has 38 heavy (non-hydrogen) atoms. The second-order valence-corrected chi connectivity index (χ2v) is 9.29. The summed E-state index contributed by atoms with van der Waals surface area (Å²) in [6.07, 6.45) is 1.91. The molecule has 2 aromatic rings. The smallest absolute Gasteiger partial charge is 0.295 e. The van der Waals surface area contributed by atoms with E-state index in [1.54, 1.807) is 49.6 Å².